The molecule has 0 spiro atoms. The molecule has 0 aliphatic heterocycles. The maximum absolute atomic E-state index is 12.5. The summed E-state index contributed by atoms with van der Waals surface area (Å²) in [4.78, 5) is 6.68. The molecule has 0 aliphatic carbocycles. The smallest absolute Gasteiger partial charge is 0.387 e. The molecule has 0 heterocycles. The number of unbranched alkanes of at least 4 members (excludes halogenated alkanes) is 1. The van der Waals surface area contributed by atoms with Gasteiger partial charge >= 0.3 is 6.61 Å². The molecule has 0 radical (unpaired) electrons. The summed E-state index contributed by atoms with van der Waals surface area (Å²) in [5, 5.41) is 3.26. The van der Waals surface area contributed by atoms with Crippen LogP contribution in [0.5, 0.6) is 11.5 Å². The molecule has 0 aliphatic rings. The van der Waals surface area contributed by atoms with Gasteiger partial charge in [-0.1, -0.05) is 12.1 Å². The highest BCUT2D eigenvalue weighted by Gasteiger charge is 2.11. The fourth-order valence-electron chi connectivity index (χ4n) is 2.40. The van der Waals surface area contributed by atoms with Crippen molar-refractivity contribution in [1.29, 1.82) is 0 Å². The van der Waals surface area contributed by atoms with Crippen LogP contribution in [0, 0.1) is 0 Å². The lowest BCUT2D eigenvalue weighted by Crippen LogP contribution is -2.39. The van der Waals surface area contributed by atoms with E-state index in [-0.39, 0.29) is 11.5 Å². The average Bonchev–Trinajstić information content (AvgIpc) is 2.61. The predicted molar refractivity (Wildman–Crippen MR) is 101 cm³/mol. The Labute approximate surface area is 154 Å². The highest BCUT2D eigenvalue weighted by atomic mass is 19.3. The molecule has 26 heavy (non-hydrogen) atoms. The number of methoxy groups -OCH3 is 1. The summed E-state index contributed by atoms with van der Waals surface area (Å²) in [6.45, 7) is 5.06. The first-order valence-electron chi connectivity index (χ1n) is 8.73. The third-order valence-electron chi connectivity index (χ3n) is 3.70. The number of benzene rings is 1. The van der Waals surface area contributed by atoms with Gasteiger partial charge in [0, 0.05) is 26.7 Å². The Balaban J connectivity index is 2.72. The molecule has 7 heteroatoms. The van der Waals surface area contributed by atoms with Gasteiger partial charge in [0.1, 0.15) is 0 Å². The molecule has 1 aromatic rings. The number of ether oxygens (including phenoxy) is 2. The van der Waals surface area contributed by atoms with Crippen LogP contribution in [0.15, 0.2) is 35.8 Å². The van der Waals surface area contributed by atoms with Crippen LogP contribution < -0.4 is 14.8 Å². The number of nitrogens with one attached hydrogen (secondary N) is 1. The second-order valence-corrected chi connectivity index (χ2v) is 5.70. The standard InChI is InChI=1S/C19H29F2N3O2/c1-5-7-8-13-24(3)19(22-6-2)23-12-11-15-9-10-16(25-4)17(14-15)26-18(20)21/h5,9-10,14,18H,1,6-8,11-13H2,2-4H3,(H,22,23). The number of guanidine groups is 1. The van der Waals surface area contributed by atoms with Crippen molar-refractivity contribution in [2.45, 2.75) is 32.8 Å². The summed E-state index contributed by atoms with van der Waals surface area (Å²) in [6, 6.07) is 5.03. The van der Waals surface area contributed by atoms with Gasteiger partial charge in [-0.3, -0.25) is 4.99 Å². The fraction of sp³-hybridized carbons (Fsp3) is 0.526. The molecule has 146 valence electrons. The normalized spacial score (nSPS) is 11.4. The predicted octanol–water partition coefficient (Wildman–Crippen LogP) is 3.70. The van der Waals surface area contributed by atoms with E-state index in [1.54, 1.807) is 12.1 Å². The summed E-state index contributed by atoms with van der Waals surface area (Å²) < 4.78 is 34.6. The molecule has 0 saturated carbocycles. The minimum Gasteiger partial charge on any atom is -0.493 e. The minimum atomic E-state index is -2.89. The SMILES string of the molecule is C=CCCCN(C)C(=NCCc1ccc(OC)c(OC(F)F)c1)NCC. The van der Waals surface area contributed by atoms with Gasteiger partial charge < -0.3 is 19.7 Å². The average molecular weight is 369 g/mol. The van der Waals surface area contributed by atoms with Gasteiger partial charge in [0.2, 0.25) is 0 Å². The summed E-state index contributed by atoms with van der Waals surface area (Å²) in [7, 11) is 3.41. The van der Waals surface area contributed by atoms with Crippen molar-refractivity contribution < 1.29 is 18.3 Å². The molecular formula is C19H29F2N3O2. The third-order valence-corrected chi connectivity index (χ3v) is 3.70. The van der Waals surface area contributed by atoms with E-state index in [1.807, 2.05) is 26.1 Å². The fourth-order valence-corrected chi connectivity index (χ4v) is 2.40. The van der Waals surface area contributed by atoms with Crippen LogP contribution >= 0.6 is 0 Å². The molecule has 0 saturated heterocycles. The van der Waals surface area contributed by atoms with Gasteiger partial charge in [-0.05, 0) is 43.9 Å². The summed E-state index contributed by atoms with van der Waals surface area (Å²) in [5.41, 5.74) is 0.857. The lowest BCUT2D eigenvalue weighted by Gasteiger charge is -2.21. The van der Waals surface area contributed by atoms with Crippen LogP contribution in [0.4, 0.5) is 8.78 Å². The van der Waals surface area contributed by atoms with Crippen molar-refractivity contribution in [1.82, 2.24) is 10.2 Å². The van der Waals surface area contributed by atoms with Gasteiger partial charge in [-0.15, -0.1) is 6.58 Å². The van der Waals surface area contributed by atoms with Crippen molar-refractivity contribution >= 4 is 5.96 Å². The molecule has 0 amide bonds. The number of alkyl halides is 2. The molecule has 0 unspecified atom stereocenters. The minimum absolute atomic E-state index is 0.0393. The van der Waals surface area contributed by atoms with E-state index in [2.05, 4.69) is 26.5 Å². The number of aliphatic imine (C=N–C) groups is 1. The topological polar surface area (TPSA) is 46.1 Å². The Morgan fingerprint density at radius 2 is 2.15 bits per heavy atom. The van der Waals surface area contributed by atoms with E-state index in [0.29, 0.717) is 13.0 Å². The van der Waals surface area contributed by atoms with Crippen molar-refractivity contribution in [3.63, 3.8) is 0 Å². The Morgan fingerprint density at radius 3 is 2.77 bits per heavy atom. The van der Waals surface area contributed by atoms with Crippen molar-refractivity contribution in [2.75, 3.05) is 33.8 Å². The van der Waals surface area contributed by atoms with Crippen LogP contribution in [0.2, 0.25) is 0 Å². The highest BCUT2D eigenvalue weighted by Crippen LogP contribution is 2.29. The van der Waals surface area contributed by atoms with Crippen LogP contribution in [-0.4, -0.2) is 51.3 Å². The largest absolute Gasteiger partial charge is 0.493 e. The maximum atomic E-state index is 12.5. The highest BCUT2D eigenvalue weighted by molar-refractivity contribution is 5.79. The molecule has 5 nitrogen and oxygen atoms in total. The Kier molecular flexibility index (Phi) is 10.1. The molecule has 1 rings (SSSR count). The second kappa shape index (κ2) is 12.1. The molecule has 1 aromatic carbocycles. The third kappa shape index (κ3) is 7.72. The zero-order chi connectivity index (χ0) is 19.4. The zero-order valence-corrected chi connectivity index (χ0v) is 15.8. The van der Waals surface area contributed by atoms with Crippen LogP contribution in [0.25, 0.3) is 0 Å². The number of allylic oxidation sites excluding steroid dienone is 1. The van der Waals surface area contributed by atoms with Gasteiger partial charge in [0.05, 0.1) is 7.11 Å². The zero-order valence-electron chi connectivity index (χ0n) is 15.8. The quantitative estimate of drug-likeness (QED) is 0.280. The summed E-state index contributed by atoms with van der Waals surface area (Å²) >= 11 is 0. The van der Waals surface area contributed by atoms with Crippen molar-refractivity contribution in [3.8, 4) is 11.5 Å². The van der Waals surface area contributed by atoms with Gasteiger partial charge in [-0.2, -0.15) is 8.78 Å². The summed E-state index contributed by atoms with van der Waals surface area (Å²) in [6.07, 6.45) is 4.49. The molecule has 1 N–H and O–H groups in total. The number of hydrogen-bond donors (Lipinski definition) is 1. The molecule has 0 bridgehead atoms. The Bertz CT molecular complexity index is 580. The van der Waals surface area contributed by atoms with Crippen LogP contribution in [0.1, 0.15) is 25.3 Å². The number of halogens is 2. The monoisotopic (exact) mass is 369 g/mol. The lowest BCUT2D eigenvalue weighted by molar-refractivity contribution is -0.0512. The molecule has 0 aromatic heterocycles. The van der Waals surface area contributed by atoms with Gasteiger partial charge in [0.15, 0.2) is 17.5 Å². The van der Waals surface area contributed by atoms with Crippen molar-refractivity contribution in [2.24, 2.45) is 4.99 Å². The van der Waals surface area contributed by atoms with E-state index in [4.69, 9.17) is 4.74 Å². The van der Waals surface area contributed by atoms with E-state index in [1.165, 1.54) is 7.11 Å². The molecule has 0 fully saturated rings. The second-order valence-electron chi connectivity index (χ2n) is 5.70. The first-order chi connectivity index (χ1) is 12.5. The molecule has 0 atom stereocenters. The number of hydrogen-bond acceptors (Lipinski definition) is 3. The van der Waals surface area contributed by atoms with E-state index < -0.39 is 6.61 Å². The lowest BCUT2D eigenvalue weighted by atomic mass is 10.1. The van der Waals surface area contributed by atoms with Crippen LogP contribution in [-0.2, 0) is 6.42 Å². The Hall–Kier alpha value is -2.31. The van der Waals surface area contributed by atoms with Gasteiger partial charge in [-0.25, -0.2) is 0 Å². The number of nitrogens with zero attached hydrogens (tertiary/aromatic N) is 2. The maximum Gasteiger partial charge on any atom is 0.387 e. The first-order valence-corrected chi connectivity index (χ1v) is 8.73. The summed E-state index contributed by atoms with van der Waals surface area (Å²) in [5.74, 6) is 1.15. The molecular weight excluding hydrogens is 340 g/mol. The van der Waals surface area contributed by atoms with E-state index >= 15 is 0 Å². The van der Waals surface area contributed by atoms with E-state index in [0.717, 1.165) is 37.5 Å². The first kappa shape index (κ1) is 21.7. The van der Waals surface area contributed by atoms with Gasteiger partial charge in [0.25, 0.3) is 0 Å². The van der Waals surface area contributed by atoms with Crippen LogP contribution in [0.3, 0.4) is 0 Å². The van der Waals surface area contributed by atoms with Crippen molar-refractivity contribution in [3.05, 3.63) is 36.4 Å². The van der Waals surface area contributed by atoms with E-state index in [9.17, 15) is 8.78 Å². The Morgan fingerprint density at radius 1 is 1.38 bits per heavy atom. The number of rotatable bonds is 11.